The van der Waals surface area contributed by atoms with Crippen molar-refractivity contribution in [3.8, 4) is 0 Å². The highest BCUT2D eigenvalue weighted by atomic mass is 16.5. The minimum Gasteiger partial charge on any atom is -0.385 e. The Morgan fingerprint density at radius 1 is 1.21 bits per heavy atom. The smallest absolute Gasteiger partial charge is 0.0465 e. The van der Waals surface area contributed by atoms with E-state index in [0.717, 1.165) is 25.5 Å². The van der Waals surface area contributed by atoms with Crippen molar-refractivity contribution in [1.82, 2.24) is 5.32 Å². The van der Waals surface area contributed by atoms with Gasteiger partial charge in [-0.2, -0.15) is 0 Å². The Labute approximate surface area is 89.4 Å². The summed E-state index contributed by atoms with van der Waals surface area (Å²) >= 11 is 0. The fourth-order valence-corrected chi connectivity index (χ4v) is 1.78. The average molecular weight is 201 g/mol. The third-order valence-electron chi connectivity index (χ3n) is 2.80. The lowest BCUT2D eigenvalue weighted by molar-refractivity contribution is 0.168. The number of methoxy groups -OCH3 is 1. The molecule has 0 aliphatic rings. The molecule has 0 radical (unpaired) electrons. The van der Waals surface area contributed by atoms with Crippen LogP contribution in [0.25, 0.3) is 0 Å². The molecule has 14 heavy (non-hydrogen) atoms. The molecule has 1 N–H and O–H groups in total. The zero-order chi connectivity index (χ0) is 10.8. The summed E-state index contributed by atoms with van der Waals surface area (Å²) in [4.78, 5) is 0. The molecule has 86 valence electrons. The quantitative estimate of drug-likeness (QED) is 0.619. The first-order valence-corrected chi connectivity index (χ1v) is 5.98. The Balaban J connectivity index is 3.77. The summed E-state index contributed by atoms with van der Waals surface area (Å²) in [6.45, 7) is 8.72. The van der Waals surface area contributed by atoms with Crippen LogP contribution in [-0.2, 0) is 4.74 Å². The standard InChI is InChI=1S/C12H27NO/c1-5-7-8-12(13-6-2)11(3)9-10-14-4/h11-13H,5-10H2,1-4H3. The van der Waals surface area contributed by atoms with Gasteiger partial charge in [0.1, 0.15) is 0 Å². The summed E-state index contributed by atoms with van der Waals surface area (Å²) in [5.41, 5.74) is 0. The molecule has 0 saturated carbocycles. The van der Waals surface area contributed by atoms with Gasteiger partial charge in [0.15, 0.2) is 0 Å². The number of nitrogens with one attached hydrogen (secondary N) is 1. The van der Waals surface area contributed by atoms with Crippen molar-refractivity contribution < 1.29 is 4.74 Å². The Morgan fingerprint density at radius 3 is 2.43 bits per heavy atom. The number of rotatable bonds is 9. The number of unbranched alkanes of at least 4 members (excludes halogenated alkanes) is 1. The molecule has 0 fully saturated rings. The van der Waals surface area contributed by atoms with E-state index in [4.69, 9.17) is 4.74 Å². The van der Waals surface area contributed by atoms with E-state index >= 15 is 0 Å². The maximum absolute atomic E-state index is 5.12. The van der Waals surface area contributed by atoms with Crippen LogP contribution in [0, 0.1) is 5.92 Å². The van der Waals surface area contributed by atoms with Crippen LogP contribution in [0.3, 0.4) is 0 Å². The molecule has 2 unspecified atom stereocenters. The van der Waals surface area contributed by atoms with Crippen molar-refractivity contribution in [3.63, 3.8) is 0 Å². The molecule has 0 aliphatic carbocycles. The molecule has 0 spiro atoms. The van der Waals surface area contributed by atoms with Crippen molar-refractivity contribution in [3.05, 3.63) is 0 Å². The van der Waals surface area contributed by atoms with Gasteiger partial charge in [-0.3, -0.25) is 0 Å². The summed E-state index contributed by atoms with van der Waals surface area (Å²) in [5.74, 6) is 0.724. The number of hydrogen-bond acceptors (Lipinski definition) is 2. The van der Waals surface area contributed by atoms with Crippen LogP contribution >= 0.6 is 0 Å². The van der Waals surface area contributed by atoms with Crippen LogP contribution in [0.1, 0.15) is 46.5 Å². The molecule has 0 aliphatic heterocycles. The molecule has 0 heterocycles. The fourth-order valence-electron chi connectivity index (χ4n) is 1.78. The van der Waals surface area contributed by atoms with Gasteiger partial charge in [0, 0.05) is 19.8 Å². The monoisotopic (exact) mass is 201 g/mol. The van der Waals surface area contributed by atoms with Crippen molar-refractivity contribution in [2.45, 2.75) is 52.5 Å². The lowest BCUT2D eigenvalue weighted by Gasteiger charge is -2.24. The van der Waals surface area contributed by atoms with Crippen molar-refractivity contribution in [2.24, 2.45) is 5.92 Å². The highest BCUT2D eigenvalue weighted by Crippen LogP contribution is 2.14. The Morgan fingerprint density at radius 2 is 1.93 bits per heavy atom. The predicted molar refractivity (Wildman–Crippen MR) is 62.6 cm³/mol. The molecule has 2 atom stereocenters. The van der Waals surface area contributed by atoms with Crippen molar-refractivity contribution >= 4 is 0 Å². The Kier molecular flexibility index (Phi) is 9.42. The first-order valence-electron chi connectivity index (χ1n) is 5.98. The van der Waals surface area contributed by atoms with E-state index in [2.05, 4.69) is 26.1 Å². The largest absolute Gasteiger partial charge is 0.385 e. The molecule has 0 bridgehead atoms. The van der Waals surface area contributed by atoms with E-state index in [9.17, 15) is 0 Å². The first-order chi connectivity index (χ1) is 6.76. The summed E-state index contributed by atoms with van der Waals surface area (Å²) in [7, 11) is 1.78. The molecule has 0 saturated heterocycles. The van der Waals surface area contributed by atoms with Crippen LogP contribution in [0.4, 0.5) is 0 Å². The SMILES string of the molecule is CCCCC(NCC)C(C)CCOC. The lowest BCUT2D eigenvalue weighted by Crippen LogP contribution is -2.35. The second-order valence-electron chi connectivity index (χ2n) is 4.07. The average Bonchev–Trinajstić information content (AvgIpc) is 2.20. The van der Waals surface area contributed by atoms with Crippen molar-refractivity contribution in [2.75, 3.05) is 20.3 Å². The third kappa shape index (κ3) is 6.39. The molecule has 0 aromatic rings. The maximum Gasteiger partial charge on any atom is 0.0465 e. The fraction of sp³-hybridized carbons (Fsp3) is 1.00. The topological polar surface area (TPSA) is 21.3 Å². The molecule has 0 aromatic carbocycles. The van der Waals surface area contributed by atoms with Gasteiger partial charge in [-0.1, -0.05) is 33.6 Å². The molecule has 0 aromatic heterocycles. The van der Waals surface area contributed by atoms with Gasteiger partial charge in [-0.15, -0.1) is 0 Å². The molecule has 2 heteroatoms. The van der Waals surface area contributed by atoms with Gasteiger partial charge in [0.2, 0.25) is 0 Å². The maximum atomic E-state index is 5.12. The zero-order valence-electron chi connectivity index (χ0n) is 10.3. The van der Waals surface area contributed by atoms with Crippen LogP contribution in [0.15, 0.2) is 0 Å². The van der Waals surface area contributed by atoms with Gasteiger partial charge >= 0.3 is 0 Å². The normalized spacial score (nSPS) is 15.4. The third-order valence-corrected chi connectivity index (χ3v) is 2.80. The predicted octanol–water partition coefficient (Wildman–Crippen LogP) is 2.83. The van der Waals surface area contributed by atoms with E-state index in [1.54, 1.807) is 7.11 Å². The van der Waals surface area contributed by atoms with Crippen LogP contribution in [0.5, 0.6) is 0 Å². The van der Waals surface area contributed by atoms with E-state index in [1.807, 2.05) is 0 Å². The summed E-state index contributed by atoms with van der Waals surface area (Å²) in [5, 5.41) is 3.57. The second-order valence-corrected chi connectivity index (χ2v) is 4.07. The number of hydrogen-bond donors (Lipinski definition) is 1. The molecule has 0 rings (SSSR count). The second kappa shape index (κ2) is 9.47. The first kappa shape index (κ1) is 13.9. The van der Waals surface area contributed by atoms with Gasteiger partial charge in [-0.05, 0) is 25.3 Å². The number of ether oxygens (including phenoxy) is 1. The molecular weight excluding hydrogens is 174 g/mol. The minimum absolute atomic E-state index is 0.676. The molecule has 2 nitrogen and oxygen atoms in total. The molecule has 0 amide bonds. The minimum atomic E-state index is 0.676. The summed E-state index contributed by atoms with van der Waals surface area (Å²) in [6, 6.07) is 0.676. The van der Waals surface area contributed by atoms with Gasteiger partial charge < -0.3 is 10.1 Å². The van der Waals surface area contributed by atoms with Gasteiger partial charge in [0.05, 0.1) is 0 Å². The highest BCUT2D eigenvalue weighted by Gasteiger charge is 2.14. The van der Waals surface area contributed by atoms with Crippen LogP contribution in [-0.4, -0.2) is 26.3 Å². The molecular formula is C12H27NO. The van der Waals surface area contributed by atoms with Crippen molar-refractivity contribution in [1.29, 1.82) is 0 Å². The highest BCUT2D eigenvalue weighted by molar-refractivity contribution is 4.72. The van der Waals surface area contributed by atoms with Crippen LogP contribution < -0.4 is 5.32 Å². The van der Waals surface area contributed by atoms with Gasteiger partial charge in [0.25, 0.3) is 0 Å². The van der Waals surface area contributed by atoms with E-state index in [0.29, 0.717) is 6.04 Å². The van der Waals surface area contributed by atoms with E-state index < -0.39 is 0 Å². The summed E-state index contributed by atoms with van der Waals surface area (Å²) in [6.07, 6.45) is 5.08. The Bertz CT molecular complexity index is 117. The zero-order valence-corrected chi connectivity index (χ0v) is 10.3. The van der Waals surface area contributed by atoms with E-state index in [1.165, 1.54) is 19.3 Å². The van der Waals surface area contributed by atoms with E-state index in [-0.39, 0.29) is 0 Å². The summed E-state index contributed by atoms with van der Waals surface area (Å²) < 4.78 is 5.12. The Hall–Kier alpha value is -0.0800. The van der Waals surface area contributed by atoms with Crippen LogP contribution in [0.2, 0.25) is 0 Å². The van der Waals surface area contributed by atoms with Gasteiger partial charge in [-0.25, -0.2) is 0 Å². The lowest BCUT2D eigenvalue weighted by atomic mass is 9.94.